The van der Waals surface area contributed by atoms with Crippen LogP contribution in [0.25, 0.3) is 0 Å². The minimum atomic E-state index is -0.0652. The number of rotatable bonds is 1. The molecule has 1 aromatic rings. The smallest absolute Gasteiger partial charge is 0.244 e. The minimum absolute atomic E-state index is 0.0327. The van der Waals surface area contributed by atoms with Crippen molar-refractivity contribution in [2.45, 2.75) is 46.1 Å². The maximum Gasteiger partial charge on any atom is 0.244 e. The zero-order valence-electron chi connectivity index (χ0n) is 13.4. The molecule has 2 aliphatic rings. The Kier molecular flexibility index (Phi) is 3.78. The van der Waals surface area contributed by atoms with Gasteiger partial charge in [0.25, 0.3) is 0 Å². The lowest BCUT2D eigenvalue weighted by molar-refractivity contribution is -0.124. The van der Waals surface area contributed by atoms with E-state index in [9.17, 15) is 4.79 Å². The molecule has 2 aliphatic heterocycles. The standard InChI is InChI=1S/C18H26N2O/c1-13-11-14-7-4-5-8-15(14)20(12-13)17(21)16-18(2,3)9-6-10-19-16/h4-5,7-8,13,16,19H,6,9-12H2,1-3H3. The van der Waals surface area contributed by atoms with Crippen LogP contribution in [0.4, 0.5) is 5.69 Å². The molecule has 3 heteroatoms. The Morgan fingerprint density at radius 2 is 2.10 bits per heavy atom. The summed E-state index contributed by atoms with van der Waals surface area (Å²) in [6.45, 7) is 8.44. The lowest BCUT2D eigenvalue weighted by Gasteiger charge is -2.43. The predicted molar refractivity (Wildman–Crippen MR) is 86.5 cm³/mol. The molecule has 1 amide bonds. The van der Waals surface area contributed by atoms with Gasteiger partial charge in [0.05, 0.1) is 6.04 Å². The van der Waals surface area contributed by atoms with E-state index in [1.54, 1.807) is 0 Å². The van der Waals surface area contributed by atoms with Gasteiger partial charge in [0.1, 0.15) is 0 Å². The number of fused-ring (bicyclic) bond motifs is 1. The molecular formula is C18H26N2O. The molecule has 1 aromatic carbocycles. The van der Waals surface area contributed by atoms with Gasteiger partial charge in [-0.25, -0.2) is 0 Å². The van der Waals surface area contributed by atoms with Gasteiger partial charge in [0, 0.05) is 12.2 Å². The normalized spacial score (nSPS) is 28.0. The van der Waals surface area contributed by atoms with Crippen molar-refractivity contribution in [2.24, 2.45) is 11.3 Å². The van der Waals surface area contributed by atoms with Gasteiger partial charge >= 0.3 is 0 Å². The first-order chi connectivity index (χ1) is 9.99. The van der Waals surface area contributed by atoms with Crippen molar-refractivity contribution in [3.05, 3.63) is 29.8 Å². The van der Waals surface area contributed by atoms with Crippen LogP contribution < -0.4 is 10.2 Å². The molecule has 0 aliphatic carbocycles. The molecule has 2 atom stereocenters. The maximum absolute atomic E-state index is 13.1. The number of amides is 1. The van der Waals surface area contributed by atoms with Crippen molar-refractivity contribution in [3.8, 4) is 0 Å². The molecule has 3 nitrogen and oxygen atoms in total. The number of anilines is 1. The third-order valence-electron chi connectivity index (χ3n) is 4.99. The van der Waals surface area contributed by atoms with Crippen molar-refractivity contribution in [1.82, 2.24) is 5.32 Å². The average molecular weight is 286 g/mol. The van der Waals surface area contributed by atoms with Gasteiger partial charge in [0.15, 0.2) is 0 Å². The van der Waals surface area contributed by atoms with Crippen LogP contribution >= 0.6 is 0 Å². The molecule has 0 aromatic heterocycles. The highest BCUT2D eigenvalue weighted by molar-refractivity contribution is 5.98. The first-order valence-corrected chi connectivity index (χ1v) is 8.12. The van der Waals surface area contributed by atoms with Gasteiger partial charge < -0.3 is 10.2 Å². The van der Waals surface area contributed by atoms with Gasteiger partial charge in [-0.1, -0.05) is 39.0 Å². The fourth-order valence-corrected chi connectivity index (χ4v) is 3.79. The van der Waals surface area contributed by atoms with E-state index >= 15 is 0 Å². The Labute approximate surface area is 127 Å². The summed E-state index contributed by atoms with van der Waals surface area (Å²) >= 11 is 0. The fraction of sp³-hybridized carbons (Fsp3) is 0.611. The molecule has 3 rings (SSSR count). The van der Waals surface area contributed by atoms with E-state index in [1.165, 1.54) is 5.56 Å². The summed E-state index contributed by atoms with van der Waals surface area (Å²) < 4.78 is 0. The van der Waals surface area contributed by atoms with Crippen molar-refractivity contribution in [3.63, 3.8) is 0 Å². The monoisotopic (exact) mass is 286 g/mol. The van der Waals surface area contributed by atoms with Crippen LogP contribution in [-0.2, 0) is 11.2 Å². The Morgan fingerprint density at radius 1 is 1.33 bits per heavy atom. The van der Waals surface area contributed by atoms with Crippen LogP contribution in [-0.4, -0.2) is 25.0 Å². The Balaban J connectivity index is 1.91. The van der Waals surface area contributed by atoms with Crippen molar-refractivity contribution in [1.29, 1.82) is 0 Å². The third kappa shape index (κ3) is 2.71. The second-order valence-electron chi connectivity index (χ2n) is 7.37. The molecule has 0 radical (unpaired) electrons. The number of benzene rings is 1. The number of carbonyl (C=O) groups excluding carboxylic acids is 1. The topological polar surface area (TPSA) is 32.3 Å². The first kappa shape index (κ1) is 14.6. The number of para-hydroxylation sites is 1. The van der Waals surface area contributed by atoms with E-state index in [0.717, 1.165) is 38.0 Å². The molecule has 0 spiro atoms. The lowest BCUT2D eigenvalue weighted by atomic mass is 9.76. The van der Waals surface area contributed by atoms with E-state index in [1.807, 2.05) is 11.0 Å². The van der Waals surface area contributed by atoms with Gasteiger partial charge in [-0.3, -0.25) is 4.79 Å². The quantitative estimate of drug-likeness (QED) is 0.861. The second-order valence-corrected chi connectivity index (χ2v) is 7.37. The molecule has 21 heavy (non-hydrogen) atoms. The maximum atomic E-state index is 13.1. The third-order valence-corrected chi connectivity index (χ3v) is 4.99. The van der Waals surface area contributed by atoms with Crippen LogP contribution in [0.3, 0.4) is 0 Å². The summed E-state index contributed by atoms with van der Waals surface area (Å²) in [6, 6.07) is 8.29. The summed E-state index contributed by atoms with van der Waals surface area (Å²) in [5.41, 5.74) is 2.45. The van der Waals surface area contributed by atoms with Crippen LogP contribution in [0.1, 0.15) is 39.2 Å². The van der Waals surface area contributed by atoms with E-state index in [2.05, 4.69) is 44.3 Å². The van der Waals surface area contributed by atoms with Crippen molar-refractivity contribution in [2.75, 3.05) is 18.0 Å². The number of hydrogen-bond donors (Lipinski definition) is 1. The Morgan fingerprint density at radius 3 is 2.86 bits per heavy atom. The van der Waals surface area contributed by atoms with Crippen LogP contribution in [0.5, 0.6) is 0 Å². The predicted octanol–water partition coefficient (Wildman–Crippen LogP) is 2.99. The van der Waals surface area contributed by atoms with Crippen LogP contribution in [0.15, 0.2) is 24.3 Å². The van der Waals surface area contributed by atoms with Crippen molar-refractivity contribution < 1.29 is 4.79 Å². The highest BCUT2D eigenvalue weighted by atomic mass is 16.2. The molecule has 1 N–H and O–H groups in total. The molecule has 1 fully saturated rings. The summed E-state index contributed by atoms with van der Waals surface area (Å²) in [4.78, 5) is 15.2. The largest absolute Gasteiger partial charge is 0.310 e. The molecule has 0 bridgehead atoms. The highest BCUT2D eigenvalue weighted by Gasteiger charge is 2.40. The number of carbonyl (C=O) groups is 1. The minimum Gasteiger partial charge on any atom is -0.310 e. The lowest BCUT2D eigenvalue weighted by Crippen LogP contribution is -2.58. The molecule has 1 saturated heterocycles. The number of hydrogen-bond acceptors (Lipinski definition) is 2. The number of piperidine rings is 1. The summed E-state index contributed by atoms with van der Waals surface area (Å²) in [6.07, 6.45) is 3.34. The van der Waals surface area contributed by atoms with Gasteiger partial charge in [-0.05, 0) is 48.8 Å². The summed E-state index contributed by atoms with van der Waals surface area (Å²) in [5, 5.41) is 3.46. The van der Waals surface area contributed by atoms with E-state index in [0.29, 0.717) is 5.92 Å². The number of nitrogens with one attached hydrogen (secondary N) is 1. The molecule has 114 valence electrons. The van der Waals surface area contributed by atoms with Crippen LogP contribution in [0.2, 0.25) is 0 Å². The Bertz CT molecular complexity index is 538. The summed E-state index contributed by atoms with van der Waals surface area (Å²) in [5.74, 6) is 0.772. The molecular weight excluding hydrogens is 260 g/mol. The fourth-order valence-electron chi connectivity index (χ4n) is 3.79. The highest BCUT2D eigenvalue weighted by Crippen LogP contribution is 2.35. The van der Waals surface area contributed by atoms with Crippen molar-refractivity contribution >= 4 is 11.6 Å². The van der Waals surface area contributed by atoms with Gasteiger partial charge in [-0.15, -0.1) is 0 Å². The molecule has 2 unspecified atom stereocenters. The van der Waals surface area contributed by atoms with E-state index in [4.69, 9.17) is 0 Å². The molecule has 2 heterocycles. The van der Waals surface area contributed by atoms with E-state index < -0.39 is 0 Å². The average Bonchev–Trinajstić information content (AvgIpc) is 2.45. The first-order valence-electron chi connectivity index (χ1n) is 8.12. The summed E-state index contributed by atoms with van der Waals surface area (Å²) in [7, 11) is 0. The SMILES string of the molecule is CC1Cc2ccccc2N(C(=O)C2NCCCC2(C)C)C1. The Hall–Kier alpha value is -1.35. The van der Waals surface area contributed by atoms with Gasteiger partial charge in [-0.2, -0.15) is 0 Å². The zero-order valence-corrected chi connectivity index (χ0v) is 13.4. The van der Waals surface area contributed by atoms with Crippen LogP contribution in [0, 0.1) is 11.3 Å². The second kappa shape index (κ2) is 5.45. The molecule has 0 saturated carbocycles. The van der Waals surface area contributed by atoms with E-state index in [-0.39, 0.29) is 17.4 Å². The van der Waals surface area contributed by atoms with Gasteiger partial charge in [0.2, 0.25) is 5.91 Å². The zero-order chi connectivity index (χ0) is 15.0. The number of nitrogens with zero attached hydrogens (tertiary/aromatic N) is 1.